The summed E-state index contributed by atoms with van der Waals surface area (Å²) in [6, 6.07) is 0.0240. The maximum Gasteiger partial charge on any atom is 0.316 e. The molecule has 5 rings (SSSR count). The largest absolute Gasteiger partial charge is 0.461 e. The lowest BCUT2D eigenvalue weighted by atomic mass is 9.44. The number of carbonyl (C=O) groups excluding carboxylic acids is 3. The van der Waals surface area contributed by atoms with Gasteiger partial charge in [0, 0.05) is 40.4 Å². The van der Waals surface area contributed by atoms with E-state index in [1.54, 1.807) is 0 Å². The molecule has 0 spiro atoms. The molecule has 0 aromatic carbocycles. The second-order valence-corrected chi connectivity index (χ2v) is 15.5. The van der Waals surface area contributed by atoms with Crippen molar-refractivity contribution in [2.45, 2.75) is 122 Å². The van der Waals surface area contributed by atoms with Crippen molar-refractivity contribution in [3.63, 3.8) is 0 Å². The predicted molar refractivity (Wildman–Crippen MR) is 155 cm³/mol. The summed E-state index contributed by atoms with van der Waals surface area (Å²) in [4.78, 5) is 39.3. The molecule has 7 nitrogen and oxygen atoms in total. The summed E-state index contributed by atoms with van der Waals surface area (Å²) in [5.41, 5.74) is -1.49. The molecule has 5 saturated carbocycles. The van der Waals surface area contributed by atoms with Gasteiger partial charge in [-0.25, -0.2) is 0 Å². The SMILES string of the molecule is C=C[C@]1(C)C[C@@H](OC(=O)CS[C@@H]2C[C@@H](NC(=O)C3CC3)CC[C@@H]2O)[C@]2(C)C(C)CCC3(CCC(=O)[C@H]32)[C@@H](C)[C@@H]1O. The zero-order valence-electron chi connectivity index (χ0n) is 24.7. The van der Waals surface area contributed by atoms with E-state index < -0.39 is 29.1 Å². The number of thioether (sulfide) groups is 1. The number of hydrogen-bond donors (Lipinski definition) is 3. The Morgan fingerprint density at radius 3 is 2.52 bits per heavy atom. The van der Waals surface area contributed by atoms with Crippen LogP contribution < -0.4 is 5.32 Å². The molecule has 224 valence electrons. The summed E-state index contributed by atoms with van der Waals surface area (Å²) >= 11 is 1.40. The van der Waals surface area contributed by atoms with E-state index in [0.29, 0.717) is 25.7 Å². The monoisotopic (exact) mass is 575 g/mol. The number of esters is 1. The van der Waals surface area contributed by atoms with E-state index >= 15 is 0 Å². The number of rotatable bonds is 7. The minimum atomic E-state index is -0.688. The van der Waals surface area contributed by atoms with E-state index in [-0.39, 0.29) is 63.8 Å². The third-order valence-electron chi connectivity index (χ3n) is 12.0. The predicted octanol–water partition coefficient (Wildman–Crippen LogP) is 4.43. The molecule has 11 atom stereocenters. The van der Waals surface area contributed by atoms with Gasteiger partial charge in [0.2, 0.25) is 5.91 Å². The molecule has 5 fully saturated rings. The summed E-state index contributed by atoms with van der Waals surface area (Å²) in [6.45, 7) is 12.5. The topological polar surface area (TPSA) is 113 Å². The van der Waals surface area contributed by atoms with Gasteiger partial charge in [-0.3, -0.25) is 14.4 Å². The van der Waals surface area contributed by atoms with Crippen molar-refractivity contribution >= 4 is 29.4 Å². The van der Waals surface area contributed by atoms with Crippen LogP contribution in [0.15, 0.2) is 12.7 Å². The van der Waals surface area contributed by atoms with Crippen molar-refractivity contribution in [2.24, 2.45) is 39.9 Å². The number of ether oxygens (including phenoxy) is 1. The van der Waals surface area contributed by atoms with E-state index in [1.807, 2.05) is 13.0 Å². The number of hydrogen-bond acceptors (Lipinski definition) is 7. The Kier molecular flexibility index (Phi) is 8.30. The highest BCUT2D eigenvalue weighted by atomic mass is 32.2. The Morgan fingerprint density at radius 2 is 1.85 bits per heavy atom. The molecule has 3 N–H and O–H groups in total. The third kappa shape index (κ3) is 5.08. The zero-order valence-corrected chi connectivity index (χ0v) is 25.5. The van der Waals surface area contributed by atoms with Gasteiger partial charge in [0.25, 0.3) is 0 Å². The highest BCUT2D eigenvalue weighted by Crippen LogP contribution is 2.68. The fourth-order valence-electron chi connectivity index (χ4n) is 8.96. The Labute approximate surface area is 243 Å². The average Bonchev–Trinajstić information content (AvgIpc) is 3.72. The molecule has 1 amide bonds. The number of nitrogens with one attached hydrogen (secondary N) is 1. The van der Waals surface area contributed by atoms with Gasteiger partial charge in [0.05, 0.1) is 18.0 Å². The lowest BCUT2D eigenvalue weighted by Crippen LogP contribution is -2.63. The molecular weight excluding hydrogens is 526 g/mol. The van der Waals surface area contributed by atoms with Gasteiger partial charge in [-0.2, -0.15) is 0 Å². The van der Waals surface area contributed by atoms with Crippen LogP contribution in [0.1, 0.15) is 91.9 Å². The summed E-state index contributed by atoms with van der Waals surface area (Å²) < 4.78 is 6.36. The number of aliphatic hydroxyl groups excluding tert-OH is 2. The van der Waals surface area contributed by atoms with Crippen LogP contribution in [0.4, 0.5) is 0 Å². The number of amides is 1. The van der Waals surface area contributed by atoms with Crippen LogP contribution in [-0.2, 0) is 19.1 Å². The molecule has 5 aliphatic rings. The van der Waals surface area contributed by atoms with Crippen molar-refractivity contribution in [3.8, 4) is 0 Å². The van der Waals surface area contributed by atoms with E-state index in [2.05, 4.69) is 32.7 Å². The summed E-state index contributed by atoms with van der Waals surface area (Å²) in [7, 11) is 0. The lowest BCUT2D eigenvalue weighted by Gasteiger charge is -2.61. The molecule has 0 saturated heterocycles. The van der Waals surface area contributed by atoms with Gasteiger partial charge >= 0.3 is 5.97 Å². The smallest absolute Gasteiger partial charge is 0.316 e. The second-order valence-electron chi connectivity index (χ2n) is 14.3. The van der Waals surface area contributed by atoms with Crippen LogP contribution in [0.5, 0.6) is 0 Å². The molecule has 2 unspecified atom stereocenters. The molecular formula is C32H49NO6S. The minimum Gasteiger partial charge on any atom is -0.461 e. The van der Waals surface area contributed by atoms with Gasteiger partial charge in [0.1, 0.15) is 11.9 Å². The first kappa shape index (κ1) is 30.1. The third-order valence-corrected chi connectivity index (χ3v) is 13.4. The second kappa shape index (κ2) is 11.0. The summed E-state index contributed by atoms with van der Waals surface area (Å²) in [5.74, 6) is 0.129. The number of carbonyl (C=O) groups is 3. The highest BCUT2D eigenvalue weighted by molar-refractivity contribution is 8.00. The van der Waals surface area contributed by atoms with E-state index in [1.165, 1.54) is 11.8 Å². The Morgan fingerprint density at radius 1 is 1.12 bits per heavy atom. The van der Waals surface area contributed by atoms with Crippen LogP contribution in [-0.4, -0.2) is 63.2 Å². The molecule has 5 aliphatic carbocycles. The molecule has 0 aromatic rings. The molecule has 0 aliphatic heterocycles. The van der Waals surface area contributed by atoms with Gasteiger partial charge < -0.3 is 20.3 Å². The van der Waals surface area contributed by atoms with E-state index in [9.17, 15) is 24.6 Å². The zero-order chi connectivity index (χ0) is 29.0. The maximum atomic E-state index is 13.6. The molecule has 0 radical (unpaired) electrons. The Bertz CT molecular complexity index is 1030. The van der Waals surface area contributed by atoms with Crippen molar-refractivity contribution in [3.05, 3.63) is 12.7 Å². The summed E-state index contributed by atoms with van der Waals surface area (Å²) in [6.07, 6.45) is 7.51. The normalized spacial score (nSPS) is 47.0. The van der Waals surface area contributed by atoms with Gasteiger partial charge in [-0.15, -0.1) is 18.3 Å². The fraction of sp³-hybridized carbons (Fsp3) is 0.844. The first-order valence-electron chi connectivity index (χ1n) is 15.5. The van der Waals surface area contributed by atoms with Crippen LogP contribution in [0.25, 0.3) is 0 Å². The van der Waals surface area contributed by atoms with Crippen molar-refractivity contribution in [1.82, 2.24) is 5.32 Å². The van der Waals surface area contributed by atoms with Crippen molar-refractivity contribution < 1.29 is 29.3 Å². The van der Waals surface area contributed by atoms with Gasteiger partial charge in [-0.1, -0.05) is 33.8 Å². The maximum absolute atomic E-state index is 13.6. The number of Topliss-reactive ketones (excluding diaryl/α,β-unsaturated/α-hetero) is 1. The lowest BCUT2D eigenvalue weighted by molar-refractivity contribution is -0.205. The number of aliphatic hydroxyl groups is 2. The fourth-order valence-corrected chi connectivity index (χ4v) is 10.1. The number of ketones is 1. The quantitative estimate of drug-likeness (QED) is 0.304. The standard InChI is InChI=1S/C32H49NO6S/c1-6-30(4)16-25(31(5)18(2)11-13-32(19(3)28(30)37)14-12-23(35)27(31)32)39-26(36)17-40-24-15-21(9-10-22(24)34)33-29(38)20-7-8-20/h6,18-22,24-25,27-28,34,37H,1,7-17H2,2-5H3,(H,33,38)/t18?,19-,21-,22-,24+,25+,27-,28-,30+,31-,32?/m0/s1. The minimum absolute atomic E-state index is 0.0240. The van der Waals surface area contributed by atoms with Gasteiger partial charge in [-0.05, 0) is 75.0 Å². The molecule has 0 aromatic heterocycles. The van der Waals surface area contributed by atoms with Crippen LogP contribution in [0.3, 0.4) is 0 Å². The highest BCUT2D eigenvalue weighted by Gasteiger charge is 2.68. The molecule has 8 heteroatoms. The van der Waals surface area contributed by atoms with Crippen LogP contribution in [0, 0.1) is 39.9 Å². The van der Waals surface area contributed by atoms with E-state index in [0.717, 1.165) is 38.5 Å². The average molecular weight is 576 g/mol. The molecule has 0 heterocycles. The Hall–Kier alpha value is -1.38. The Balaban J connectivity index is 1.33. The summed E-state index contributed by atoms with van der Waals surface area (Å²) in [5, 5.41) is 25.3. The van der Waals surface area contributed by atoms with Crippen LogP contribution in [0.2, 0.25) is 0 Å². The molecule has 40 heavy (non-hydrogen) atoms. The molecule has 2 bridgehead atoms. The van der Waals surface area contributed by atoms with Crippen molar-refractivity contribution in [1.29, 1.82) is 0 Å². The van der Waals surface area contributed by atoms with E-state index in [4.69, 9.17) is 4.74 Å². The van der Waals surface area contributed by atoms with Crippen LogP contribution >= 0.6 is 11.8 Å². The first-order valence-corrected chi connectivity index (χ1v) is 16.5. The van der Waals surface area contributed by atoms with Crippen molar-refractivity contribution in [2.75, 3.05) is 5.75 Å². The first-order chi connectivity index (χ1) is 18.9. The van der Waals surface area contributed by atoms with Gasteiger partial charge in [0.15, 0.2) is 0 Å².